The van der Waals surface area contributed by atoms with Crippen molar-refractivity contribution in [3.63, 3.8) is 0 Å². The second kappa shape index (κ2) is 4.94. The van der Waals surface area contributed by atoms with Crippen molar-refractivity contribution >= 4 is 5.69 Å². The number of hydrogen-bond donors (Lipinski definition) is 1. The summed E-state index contributed by atoms with van der Waals surface area (Å²) in [4.78, 5) is 6.57. The van der Waals surface area contributed by atoms with Crippen LogP contribution in [-0.2, 0) is 6.54 Å². The molecule has 0 saturated carbocycles. The van der Waals surface area contributed by atoms with E-state index < -0.39 is 0 Å². The van der Waals surface area contributed by atoms with Crippen molar-refractivity contribution < 1.29 is 0 Å². The van der Waals surface area contributed by atoms with Crippen molar-refractivity contribution in [2.24, 2.45) is 0 Å². The predicted octanol–water partition coefficient (Wildman–Crippen LogP) is 1.57. The molecule has 80 valence electrons. The highest BCUT2D eigenvalue weighted by molar-refractivity contribution is 5.53. The summed E-state index contributed by atoms with van der Waals surface area (Å²) >= 11 is 0. The average molecular weight is 203 g/mol. The molecular formula is C12H17N3. The summed E-state index contributed by atoms with van der Waals surface area (Å²) in [5, 5.41) is 3.18. The summed E-state index contributed by atoms with van der Waals surface area (Å²) in [6.07, 6.45) is 9.43. The Balaban J connectivity index is 2.21. The highest BCUT2D eigenvalue weighted by atomic mass is 15.1. The Kier molecular flexibility index (Phi) is 3.35. The van der Waals surface area contributed by atoms with Crippen LogP contribution in [0.1, 0.15) is 12.0 Å². The van der Waals surface area contributed by atoms with E-state index in [0.717, 1.165) is 26.1 Å². The zero-order valence-corrected chi connectivity index (χ0v) is 9.11. The van der Waals surface area contributed by atoms with Gasteiger partial charge in [-0.1, -0.05) is 12.2 Å². The Bertz CT molecular complexity index is 346. The molecular weight excluding hydrogens is 186 g/mol. The third-order valence-electron chi connectivity index (χ3n) is 2.64. The number of nitrogens with zero attached hydrogens (tertiary/aromatic N) is 2. The summed E-state index contributed by atoms with van der Waals surface area (Å²) in [5.41, 5.74) is 2.58. The molecule has 1 N–H and O–H groups in total. The fourth-order valence-corrected chi connectivity index (χ4v) is 1.92. The molecule has 2 rings (SSSR count). The first-order chi connectivity index (χ1) is 7.42. The van der Waals surface area contributed by atoms with Crippen LogP contribution in [0.4, 0.5) is 5.69 Å². The minimum Gasteiger partial charge on any atom is -0.367 e. The summed E-state index contributed by atoms with van der Waals surface area (Å²) in [5.74, 6) is 0. The number of aromatic nitrogens is 1. The SMILES string of the molecule is CNCc1cnccc1N1CC=CCC1. The number of anilines is 1. The first-order valence-electron chi connectivity index (χ1n) is 5.39. The zero-order valence-electron chi connectivity index (χ0n) is 9.11. The molecule has 2 heterocycles. The Hall–Kier alpha value is -1.35. The maximum atomic E-state index is 4.17. The van der Waals surface area contributed by atoms with Crippen LogP contribution in [0.2, 0.25) is 0 Å². The minimum atomic E-state index is 0.878. The van der Waals surface area contributed by atoms with E-state index in [1.54, 1.807) is 0 Å². The molecule has 1 aromatic rings. The quantitative estimate of drug-likeness (QED) is 0.756. The molecule has 0 fully saturated rings. The smallest absolute Gasteiger partial charge is 0.0445 e. The van der Waals surface area contributed by atoms with E-state index in [2.05, 4.69) is 33.4 Å². The second-order valence-electron chi connectivity index (χ2n) is 3.74. The molecule has 15 heavy (non-hydrogen) atoms. The van der Waals surface area contributed by atoms with Crippen molar-refractivity contribution in [3.8, 4) is 0 Å². The van der Waals surface area contributed by atoms with Crippen molar-refractivity contribution in [1.29, 1.82) is 0 Å². The van der Waals surface area contributed by atoms with Gasteiger partial charge in [0.2, 0.25) is 0 Å². The Morgan fingerprint density at radius 1 is 1.47 bits per heavy atom. The van der Waals surface area contributed by atoms with Crippen LogP contribution in [0.15, 0.2) is 30.6 Å². The summed E-state index contributed by atoms with van der Waals surface area (Å²) in [6.45, 7) is 3.00. The van der Waals surface area contributed by atoms with Gasteiger partial charge in [-0.25, -0.2) is 0 Å². The molecule has 1 aliphatic heterocycles. The Morgan fingerprint density at radius 2 is 2.40 bits per heavy atom. The third-order valence-corrected chi connectivity index (χ3v) is 2.64. The molecule has 0 unspecified atom stereocenters. The lowest BCUT2D eigenvalue weighted by atomic mass is 10.1. The fraction of sp³-hybridized carbons (Fsp3) is 0.417. The fourth-order valence-electron chi connectivity index (χ4n) is 1.92. The summed E-state index contributed by atoms with van der Waals surface area (Å²) < 4.78 is 0. The standard InChI is InChI=1S/C12H17N3/c1-13-9-11-10-14-6-5-12(11)15-7-3-2-4-8-15/h2-3,5-6,10,13H,4,7-9H2,1H3. The van der Waals surface area contributed by atoms with Crippen LogP contribution in [0.25, 0.3) is 0 Å². The molecule has 0 amide bonds. The lowest BCUT2D eigenvalue weighted by Gasteiger charge is -2.27. The maximum absolute atomic E-state index is 4.17. The molecule has 1 aromatic heterocycles. The van der Waals surface area contributed by atoms with Gasteiger partial charge in [-0.15, -0.1) is 0 Å². The first kappa shape index (κ1) is 10.2. The average Bonchev–Trinajstić information content (AvgIpc) is 2.31. The van der Waals surface area contributed by atoms with Crippen LogP contribution < -0.4 is 10.2 Å². The van der Waals surface area contributed by atoms with Gasteiger partial charge in [0.1, 0.15) is 0 Å². The van der Waals surface area contributed by atoms with Gasteiger partial charge in [0, 0.05) is 43.3 Å². The van der Waals surface area contributed by atoms with Crippen molar-refractivity contribution in [2.75, 3.05) is 25.0 Å². The monoisotopic (exact) mass is 203 g/mol. The number of pyridine rings is 1. The number of hydrogen-bond acceptors (Lipinski definition) is 3. The van der Waals surface area contributed by atoms with Gasteiger partial charge in [0.05, 0.1) is 0 Å². The number of rotatable bonds is 3. The van der Waals surface area contributed by atoms with Crippen LogP contribution in [0, 0.1) is 0 Å². The molecule has 0 aliphatic carbocycles. The highest BCUT2D eigenvalue weighted by Gasteiger charge is 2.10. The predicted molar refractivity (Wildman–Crippen MR) is 63.0 cm³/mol. The first-order valence-corrected chi connectivity index (χ1v) is 5.39. The second-order valence-corrected chi connectivity index (χ2v) is 3.74. The summed E-state index contributed by atoms with van der Waals surface area (Å²) in [6, 6.07) is 2.10. The molecule has 0 radical (unpaired) electrons. The van der Waals surface area contributed by atoms with E-state index in [1.807, 2.05) is 19.4 Å². The molecule has 3 nitrogen and oxygen atoms in total. The van der Waals surface area contributed by atoms with Gasteiger partial charge in [0.15, 0.2) is 0 Å². The number of nitrogens with one attached hydrogen (secondary N) is 1. The molecule has 0 saturated heterocycles. The molecule has 3 heteroatoms. The lowest BCUT2D eigenvalue weighted by Crippen LogP contribution is -2.28. The van der Waals surface area contributed by atoms with Crippen LogP contribution in [0.3, 0.4) is 0 Å². The molecule has 0 bridgehead atoms. The molecule has 0 spiro atoms. The molecule has 1 aliphatic rings. The van der Waals surface area contributed by atoms with Gasteiger partial charge < -0.3 is 10.2 Å². The Morgan fingerprint density at radius 3 is 3.13 bits per heavy atom. The minimum absolute atomic E-state index is 0.878. The van der Waals surface area contributed by atoms with E-state index in [4.69, 9.17) is 0 Å². The highest BCUT2D eigenvalue weighted by Crippen LogP contribution is 2.20. The zero-order chi connectivity index (χ0) is 10.5. The maximum Gasteiger partial charge on any atom is 0.0445 e. The van der Waals surface area contributed by atoms with Gasteiger partial charge in [0.25, 0.3) is 0 Å². The van der Waals surface area contributed by atoms with E-state index >= 15 is 0 Å². The van der Waals surface area contributed by atoms with Crippen molar-refractivity contribution in [3.05, 3.63) is 36.2 Å². The topological polar surface area (TPSA) is 28.2 Å². The van der Waals surface area contributed by atoms with Crippen molar-refractivity contribution in [1.82, 2.24) is 10.3 Å². The van der Waals surface area contributed by atoms with Crippen LogP contribution in [-0.4, -0.2) is 25.1 Å². The van der Waals surface area contributed by atoms with E-state index in [9.17, 15) is 0 Å². The van der Waals surface area contributed by atoms with Crippen LogP contribution in [0.5, 0.6) is 0 Å². The van der Waals surface area contributed by atoms with E-state index in [-0.39, 0.29) is 0 Å². The van der Waals surface area contributed by atoms with E-state index in [1.165, 1.54) is 11.3 Å². The van der Waals surface area contributed by atoms with Crippen molar-refractivity contribution in [2.45, 2.75) is 13.0 Å². The van der Waals surface area contributed by atoms with Gasteiger partial charge >= 0.3 is 0 Å². The largest absolute Gasteiger partial charge is 0.367 e. The van der Waals surface area contributed by atoms with Gasteiger partial charge in [-0.05, 0) is 19.5 Å². The van der Waals surface area contributed by atoms with Gasteiger partial charge in [-0.2, -0.15) is 0 Å². The lowest BCUT2D eigenvalue weighted by molar-refractivity contribution is 0.778. The van der Waals surface area contributed by atoms with E-state index in [0.29, 0.717) is 0 Å². The third kappa shape index (κ3) is 2.36. The van der Waals surface area contributed by atoms with Crippen LogP contribution >= 0.6 is 0 Å². The molecule has 0 atom stereocenters. The normalized spacial score (nSPS) is 15.7. The van der Waals surface area contributed by atoms with Gasteiger partial charge in [-0.3, -0.25) is 4.98 Å². The molecule has 0 aromatic carbocycles. The Labute approximate surface area is 90.8 Å². The summed E-state index contributed by atoms with van der Waals surface area (Å²) in [7, 11) is 1.97.